The normalized spacial score (nSPS) is 17.5. The number of rotatable bonds is 6. The summed E-state index contributed by atoms with van der Waals surface area (Å²) in [6, 6.07) is 13.6. The zero-order valence-corrected chi connectivity index (χ0v) is 17.0. The maximum atomic E-state index is 13.2. The Hall–Kier alpha value is -3.09. The van der Waals surface area contributed by atoms with E-state index in [1.54, 1.807) is 14.2 Å². The molecule has 2 heterocycles. The fourth-order valence-corrected chi connectivity index (χ4v) is 4.15. The van der Waals surface area contributed by atoms with Crippen LogP contribution in [0.3, 0.4) is 0 Å². The molecule has 1 aliphatic rings. The van der Waals surface area contributed by atoms with Gasteiger partial charge in [0.25, 0.3) is 0 Å². The highest BCUT2D eigenvalue weighted by atomic mass is 16.5. The highest BCUT2D eigenvalue weighted by molar-refractivity contribution is 5.78. The van der Waals surface area contributed by atoms with E-state index in [0.29, 0.717) is 6.42 Å². The molecule has 0 spiro atoms. The summed E-state index contributed by atoms with van der Waals surface area (Å²) in [6.45, 7) is 2.77. The van der Waals surface area contributed by atoms with Gasteiger partial charge in [-0.2, -0.15) is 0 Å². The van der Waals surface area contributed by atoms with Gasteiger partial charge in [-0.15, -0.1) is 5.10 Å². The maximum absolute atomic E-state index is 13.2. The predicted molar refractivity (Wildman–Crippen MR) is 110 cm³/mol. The third kappa shape index (κ3) is 3.64. The van der Waals surface area contributed by atoms with Crippen LogP contribution in [0.25, 0.3) is 11.0 Å². The Morgan fingerprint density at radius 3 is 2.83 bits per heavy atom. The number of carbonyl (C=O) groups excluding carboxylic acids is 1. The molecule has 0 saturated carbocycles. The fraction of sp³-hybridized carbons (Fsp3) is 0.409. The molecule has 0 radical (unpaired) electrons. The summed E-state index contributed by atoms with van der Waals surface area (Å²) in [5, 5.41) is 8.47. The molecule has 152 valence electrons. The molecule has 1 amide bonds. The topological polar surface area (TPSA) is 69.5 Å². The lowest BCUT2D eigenvalue weighted by Gasteiger charge is -2.27. The average molecular weight is 394 g/mol. The number of methoxy groups -OCH3 is 2. The van der Waals surface area contributed by atoms with Gasteiger partial charge in [-0.25, -0.2) is 4.68 Å². The van der Waals surface area contributed by atoms with Crippen LogP contribution in [0.15, 0.2) is 42.5 Å². The van der Waals surface area contributed by atoms with Gasteiger partial charge in [0.1, 0.15) is 17.0 Å². The summed E-state index contributed by atoms with van der Waals surface area (Å²) in [5.41, 5.74) is 2.81. The van der Waals surface area contributed by atoms with Crippen LogP contribution in [0.4, 0.5) is 0 Å². The van der Waals surface area contributed by atoms with E-state index in [9.17, 15) is 4.79 Å². The number of carbonyl (C=O) groups is 1. The summed E-state index contributed by atoms with van der Waals surface area (Å²) in [6.07, 6.45) is 2.28. The lowest BCUT2D eigenvalue weighted by atomic mass is 10.0. The fourth-order valence-electron chi connectivity index (χ4n) is 4.15. The first kappa shape index (κ1) is 19.2. The Labute approximate surface area is 170 Å². The second kappa shape index (κ2) is 8.11. The van der Waals surface area contributed by atoms with Crippen LogP contribution in [0.1, 0.15) is 43.8 Å². The molecule has 4 rings (SSSR count). The summed E-state index contributed by atoms with van der Waals surface area (Å²) in [5.74, 6) is 1.62. The second-order valence-corrected chi connectivity index (χ2v) is 7.43. The number of para-hydroxylation sites is 1. The Morgan fingerprint density at radius 1 is 1.21 bits per heavy atom. The molecule has 0 N–H and O–H groups in total. The summed E-state index contributed by atoms with van der Waals surface area (Å²) in [4.78, 5) is 15.2. The van der Waals surface area contributed by atoms with Crippen molar-refractivity contribution in [2.75, 3.05) is 20.8 Å². The monoisotopic (exact) mass is 394 g/mol. The van der Waals surface area contributed by atoms with E-state index in [1.165, 1.54) is 0 Å². The lowest BCUT2D eigenvalue weighted by Crippen LogP contribution is -2.32. The van der Waals surface area contributed by atoms with Crippen molar-refractivity contribution in [3.05, 3.63) is 48.0 Å². The molecule has 1 saturated heterocycles. The molecule has 1 fully saturated rings. The van der Waals surface area contributed by atoms with E-state index in [1.807, 2.05) is 59.0 Å². The van der Waals surface area contributed by atoms with Crippen molar-refractivity contribution < 1.29 is 14.3 Å². The molecule has 2 aromatic carbocycles. The standard InChI is InChI=1S/C22H26N4O3/c1-15(26-20-8-5-4-7-18(20)23-24-26)13-22(27)25-12-6-9-19(25)17-11-10-16(28-2)14-21(17)29-3/h4-5,7-8,10-11,14-15,19H,6,9,12-13H2,1-3H3/t15-,19+/m0/s1. The van der Waals surface area contributed by atoms with Crippen molar-refractivity contribution in [3.63, 3.8) is 0 Å². The van der Waals surface area contributed by atoms with Crippen molar-refractivity contribution in [1.29, 1.82) is 0 Å². The minimum Gasteiger partial charge on any atom is -0.497 e. The van der Waals surface area contributed by atoms with Gasteiger partial charge >= 0.3 is 0 Å². The number of likely N-dealkylation sites (tertiary alicyclic amines) is 1. The molecule has 0 aliphatic carbocycles. The molecule has 3 aromatic rings. The molecule has 0 bridgehead atoms. The first-order valence-electron chi connectivity index (χ1n) is 9.93. The van der Waals surface area contributed by atoms with Crippen molar-refractivity contribution in [3.8, 4) is 11.5 Å². The Morgan fingerprint density at radius 2 is 2.03 bits per heavy atom. The highest BCUT2D eigenvalue weighted by Crippen LogP contribution is 2.39. The Bertz CT molecular complexity index is 1020. The zero-order chi connectivity index (χ0) is 20.4. The van der Waals surface area contributed by atoms with Crippen LogP contribution in [-0.2, 0) is 4.79 Å². The van der Waals surface area contributed by atoms with E-state index in [2.05, 4.69) is 10.3 Å². The summed E-state index contributed by atoms with van der Waals surface area (Å²) >= 11 is 0. The van der Waals surface area contributed by atoms with Crippen molar-refractivity contribution in [2.45, 2.75) is 38.3 Å². The molecular formula is C22H26N4O3. The average Bonchev–Trinajstić information content (AvgIpc) is 3.40. The number of ether oxygens (including phenoxy) is 2. The van der Waals surface area contributed by atoms with Gasteiger partial charge in [0.15, 0.2) is 0 Å². The maximum Gasteiger partial charge on any atom is 0.225 e. The number of benzene rings is 2. The quantitative estimate of drug-likeness (QED) is 0.637. The SMILES string of the molecule is COc1ccc([C@H]2CCCN2C(=O)C[C@H](C)n2nnc3ccccc32)c(OC)c1. The zero-order valence-electron chi connectivity index (χ0n) is 17.0. The largest absolute Gasteiger partial charge is 0.497 e. The molecule has 0 unspecified atom stereocenters. The lowest BCUT2D eigenvalue weighted by molar-refractivity contribution is -0.132. The number of amides is 1. The van der Waals surface area contributed by atoms with E-state index >= 15 is 0 Å². The van der Waals surface area contributed by atoms with Crippen molar-refractivity contribution in [2.24, 2.45) is 0 Å². The smallest absolute Gasteiger partial charge is 0.225 e. The minimum atomic E-state index is -0.0751. The van der Waals surface area contributed by atoms with Gasteiger partial charge in [-0.1, -0.05) is 17.3 Å². The number of nitrogens with zero attached hydrogens (tertiary/aromatic N) is 4. The first-order valence-corrected chi connectivity index (χ1v) is 9.93. The van der Waals surface area contributed by atoms with Gasteiger partial charge in [0.05, 0.1) is 31.8 Å². The Balaban J connectivity index is 1.54. The molecule has 7 heteroatoms. The predicted octanol–water partition coefficient (Wildman–Crippen LogP) is 3.76. The van der Waals surface area contributed by atoms with Crippen molar-refractivity contribution in [1.82, 2.24) is 19.9 Å². The van der Waals surface area contributed by atoms with E-state index in [0.717, 1.165) is 47.5 Å². The molecule has 1 aromatic heterocycles. The number of hydrogen-bond acceptors (Lipinski definition) is 5. The van der Waals surface area contributed by atoms with Crippen LogP contribution in [0.5, 0.6) is 11.5 Å². The van der Waals surface area contributed by atoms with Crippen LogP contribution in [0, 0.1) is 0 Å². The molecule has 29 heavy (non-hydrogen) atoms. The Kier molecular flexibility index (Phi) is 5.38. The molecule has 1 aliphatic heterocycles. The van der Waals surface area contributed by atoms with Crippen LogP contribution in [0.2, 0.25) is 0 Å². The first-order chi connectivity index (χ1) is 14.1. The summed E-state index contributed by atoms with van der Waals surface area (Å²) in [7, 11) is 3.28. The second-order valence-electron chi connectivity index (χ2n) is 7.43. The van der Waals surface area contributed by atoms with Gasteiger partial charge in [-0.05, 0) is 44.0 Å². The van der Waals surface area contributed by atoms with E-state index in [4.69, 9.17) is 9.47 Å². The highest BCUT2D eigenvalue weighted by Gasteiger charge is 2.32. The third-order valence-electron chi connectivity index (χ3n) is 5.64. The third-order valence-corrected chi connectivity index (χ3v) is 5.64. The number of hydrogen-bond donors (Lipinski definition) is 0. The van der Waals surface area contributed by atoms with Gasteiger partial charge in [-0.3, -0.25) is 4.79 Å². The molecular weight excluding hydrogens is 368 g/mol. The summed E-state index contributed by atoms with van der Waals surface area (Å²) < 4.78 is 12.7. The van der Waals surface area contributed by atoms with Gasteiger partial charge in [0, 0.05) is 24.6 Å². The van der Waals surface area contributed by atoms with Gasteiger partial charge in [0.2, 0.25) is 5.91 Å². The van der Waals surface area contributed by atoms with Gasteiger partial charge < -0.3 is 14.4 Å². The minimum absolute atomic E-state index is 0.0167. The van der Waals surface area contributed by atoms with Crippen LogP contribution in [-0.4, -0.2) is 46.6 Å². The molecule has 2 atom stereocenters. The number of aromatic nitrogens is 3. The number of fused-ring (bicyclic) bond motifs is 1. The van der Waals surface area contributed by atoms with Crippen molar-refractivity contribution >= 4 is 16.9 Å². The van der Waals surface area contributed by atoms with E-state index < -0.39 is 0 Å². The van der Waals surface area contributed by atoms with E-state index in [-0.39, 0.29) is 18.0 Å². The molecule has 7 nitrogen and oxygen atoms in total. The van der Waals surface area contributed by atoms with Crippen LogP contribution < -0.4 is 9.47 Å². The van der Waals surface area contributed by atoms with Crippen LogP contribution >= 0.6 is 0 Å².